The summed E-state index contributed by atoms with van der Waals surface area (Å²) >= 11 is 0. The van der Waals surface area contributed by atoms with Crippen molar-refractivity contribution in [3.05, 3.63) is 6.61 Å². The van der Waals surface area contributed by atoms with Gasteiger partial charge in [-0.2, -0.15) is 0 Å². The number of ether oxygens (including phenoxy) is 3. The minimum atomic E-state index is -0.606. The Morgan fingerprint density at radius 2 is 1.80 bits per heavy atom. The summed E-state index contributed by atoms with van der Waals surface area (Å²) in [4.78, 5) is 11.1. The third kappa shape index (κ3) is 11.2. The van der Waals surface area contributed by atoms with Gasteiger partial charge in [-0.05, 0) is 40.5 Å². The first-order valence-electron chi connectivity index (χ1n) is 5.21. The maximum atomic E-state index is 11.1. The average molecular weight is 217 g/mol. The fourth-order valence-electron chi connectivity index (χ4n) is 0.840. The Kier molecular flexibility index (Phi) is 7.13. The average Bonchev–Trinajstić information content (AvgIpc) is 2.08. The molecule has 0 aromatic rings. The van der Waals surface area contributed by atoms with Gasteiger partial charge in [0.15, 0.2) is 0 Å². The quantitative estimate of drug-likeness (QED) is 0.507. The number of carbonyl (C=O) groups is 1. The van der Waals surface area contributed by atoms with E-state index in [2.05, 4.69) is 0 Å². The molecule has 0 aliphatic heterocycles. The molecule has 0 aliphatic rings. The lowest BCUT2D eigenvalue weighted by molar-refractivity contribution is -0.00819. The zero-order valence-electron chi connectivity index (χ0n) is 10.0. The molecule has 0 N–H and O–H groups in total. The van der Waals surface area contributed by atoms with Gasteiger partial charge in [-0.25, -0.2) is 4.79 Å². The summed E-state index contributed by atoms with van der Waals surface area (Å²) in [5.41, 5.74) is -0.489. The summed E-state index contributed by atoms with van der Waals surface area (Å²) in [5, 5.41) is 0. The summed E-state index contributed by atoms with van der Waals surface area (Å²) < 4.78 is 14.9. The molecule has 0 aromatic carbocycles. The second-order valence-corrected chi connectivity index (χ2v) is 4.13. The highest BCUT2D eigenvalue weighted by molar-refractivity contribution is 5.60. The first kappa shape index (κ1) is 14.2. The van der Waals surface area contributed by atoms with Crippen molar-refractivity contribution in [3.63, 3.8) is 0 Å². The molecule has 0 atom stereocenters. The lowest BCUT2D eigenvalue weighted by atomic mass is 10.2. The molecular formula is C11H21O4. The monoisotopic (exact) mass is 217 g/mol. The standard InChI is InChI=1S/C11H21O4/c1-5-13-8-6-7-9-14-10(12)15-11(2,3)4/h5H,6-9H2,1-4H3. The predicted molar refractivity (Wildman–Crippen MR) is 57.3 cm³/mol. The Bertz CT molecular complexity index is 172. The zero-order chi connectivity index (χ0) is 11.7. The SMILES string of the molecule is C[CH]OCCCCOC(=O)OC(C)(C)C. The van der Waals surface area contributed by atoms with Crippen LogP contribution in [0.25, 0.3) is 0 Å². The highest BCUT2D eigenvalue weighted by Gasteiger charge is 2.16. The molecule has 0 saturated heterocycles. The zero-order valence-corrected chi connectivity index (χ0v) is 10.0. The van der Waals surface area contributed by atoms with Crippen molar-refractivity contribution >= 4 is 6.16 Å². The van der Waals surface area contributed by atoms with Crippen molar-refractivity contribution in [2.24, 2.45) is 0 Å². The first-order valence-corrected chi connectivity index (χ1v) is 5.21. The molecule has 1 radical (unpaired) electrons. The van der Waals surface area contributed by atoms with Gasteiger partial charge in [0.25, 0.3) is 0 Å². The number of hydrogen-bond acceptors (Lipinski definition) is 4. The van der Waals surface area contributed by atoms with Crippen molar-refractivity contribution in [2.75, 3.05) is 13.2 Å². The molecule has 0 amide bonds. The minimum absolute atomic E-state index is 0.377. The van der Waals surface area contributed by atoms with Crippen molar-refractivity contribution in [2.45, 2.75) is 46.1 Å². The van der Waals surface area contributed by atoms with Crippen molar-refractivity contribution in [3.8, 4) is 0 Å². The Balaban J connectivity index is 3.32. The number of hydrogen-bond donors (Lipinski definition) is 0. The van der Waals surface area contributed by atoms with Crippen LogP contribution in [0.1, 0.15) is 40.5 Å². The van der Waals surface area contributed by atoms with Crippen LogP contribution in [0.5, 0.6) is 0 Å². The van der Waals surface area contributed by atoms with Gasteiger partial charge < -0.3 is 14.2 Å². The largest absolute Gasteiger partial charge is 0.508 e. The van der Waals surface area contributed by atoms with Gasteiger partial charge in [0.05, 0.1) is 13.2 Å². The molecule has 0 aromatic heterocycles. The lowest BCUT2D eigenvalue weighted by Gasteiger charge is -2.18. The van der Waals surface area contributed by atoms with Crippen molar-refractivity contribution in [1.82, 2.24) is 0 Å². The van der Waals surface area contributed by atoms with E-state index in [9.17, 15) is 4.79 Å². The van der Waals surface area contributed by atoms with E-state index in [1.807, 2.05) is 6.92 Å². The predicted octanol–water partition coefficient (Wildman–Crippen LogP) is 2.92. The van der Waals surface area contributed by atoms with E-state index in [1.54, 1.807) is 27.4 Å². The van der Waals surface area contributed by atoms with Gasteiger partial charge in [0, 0.05) is 6.61 Å². The van der Waals surface area contributed by atoms with Crippen LogP contribution in [0.15, 0.2) is 0 Å². The fourth-order valence-corrected chi connectivity index (χ4v) is 0.840. The maximum absolute atomic E-state index is 11.1. The number of carbonyl (C=O) groups excluding carboxylic acids is 1. The smallest absolute Gasteiger partial charge is 0.434 e. The van der Waals surface area contributed by atoms with Gasteiger partial charge in [0.2, 0.25) is 0 Å². The highest BCUT2D eigenvalue weighted by Crippen LogP contribution is 2.08. The summed E-state index contributed by atoms with van der Waals surface area (Å²) in [6, 6.07) is 0. The highest BCUT2D eigenvalue weighted by atomic mass is 16.7. The van der Waals surface area contributed by atoms with Gasteiger partial charge in [0.1, 0.15) is 5.60 Å². The van der Waals surface area contributed by atoms with E-state index in [4.69, 9.17) is 14.2 Å². The summed E-state index contributed by atoms with van der Waals surface area (Å²) in [5.74, 6) is 0. The molecule has 0 unspecified atom stereocenters. The molecule has 0 fully saturated rings. The molecule has 0 saturated carbocycles. The van der Waals surface area contributed by atoms with Crippen LogP contribution in [0.2, 0.25) is 0 Å². The van der Waals surface area contributed by atoms with Crippen LogP contribution in [-0.2, 0) is 14.2 Å². The van der Waals surface area contributed by atoms with E-state index in [1.165, 1.54) is 0 Å². The molecular weight excluding hydrogens is 196 g/mol. The van der Waals surface area contributed by atoms with Crippen molar-refractivity contribution in [1.29, 1.82) is 0 Å². The van der Waals surface area contributed by atoms with Gasteiger partial charge in [-0.3, -0.25) is 0 Å². The van der Waals surface area contributed by atoms with E-state index in [0.717, 1.165) is 12.8 Å². The summed E-state index contributed by atoms with van der Waals surface area (Å²) in [7, 11) is 0. The van der Waals surface area contributed by atoms with Crippen LogP contribution in [0.4, 0.5) is 4.79 Å². The third-order valence-corrected chi connectivity index (χ3v) is 1.43. The summed E-state index contributed by atoms with van der Waals surface area (Å²) in [6.45, 7) is 9.93. The normalized spacial score (nSPS) is 11.2. The first-order chi connectivity index (χ1) is 6.95. The van der Waals surface area contributed by atoms with Crippen LogP contribution >= 0.6 is 0 Å². The Morgan fingerprint density at radius 1 is 1.20 bits per heavy atom. The topological polar surface area (TPSA) is 44.8 Å². The second kappa shape index (κ2) is 7.51. The van der Waals surface area contributed by atoms with E-state index < -0.39 is 11.8 Å². The third-order valence-electron chi connectivity index (χ3n) is 1.43. The van der Waals surface area contributed by atoms with Gasteiger partial charge in [-0.1, -0.05) is 0 Å². The lowest BCUT2D eigenvalue weighted by Crippen LogP contribution is -2.24. The Labute approximate surface area is 91.9 Å². The molecule has 0 spiro atoms. The summed E-state index contributed by atoms with van der Waals surface area (Å²) in [6.07, 6.45) is 1.05. The molecule has 0 bridgehead atoms. The van der Waals surface area contributed by atoms with E-state index in [0.29, 0.717) is 13.2 Å². The number of unbranched alkanes of at least 4 members (excludes halogenated alkanes) is 1. The van der Waals surface area contributed by atoms with E-state index >= 15 is 0 Å². The second-order valence-electron chi connectivity index (χ2n) is 4.13. The van der Waals surface area contributed by atoms with Crippen molar-refractivity contribution < 1.29 is 19.0 Å². The molecule has 89 valence electrons. The molecule has 15 heavy (non-hydrogen) atoms. The fraction of sp³-hybridized carbons (Fsp3) is 0.818. The van der Waals surface area contributed by atoms with Crippen LogP contribution in [0, 0.1) is 6.61 Å². The molecule has 0 rings (SSSR count). The van der Waals surface area contributed by atoms with E-state index in [-0.39, 0.29) is 0 Å². The number of rotatable bonds is 6. The minimum Gasteiger partial charge on any atom is -0.434 e. The van der Waals surface area contributed by atoms with Crippen LogP contribution in [-0.4, -0.2) is 25.0 Å². The maximum Gasteiger partial charge on any atom is 0.508 e. The van der Waals surface area contributed by atoms with Gasteiger partial charge >= 0.3 is 6.16 Å². The molecule has 4 heteroatoms. The Morgan fingerprint density at radius 3 is 2.33 bits per heavy atom. The Hall–Kier alpha value is -0.770. The van der Waals surface area contributed by atoms with Gasteiger partial charge in [-0.15, -0.1) is 0 Å². The molecule has 4 nitrogen and oxygen atoms in total. The van der Waals surface area contributed by atoms with Crippen LogP contribution < -0.4 is 0 Å². The van der Waals surface area contributed by atoms with Crippen LogP contribution in [0.3, 0.4) is 0 Å². The molecule has 0 aliphatic carbocycles. The molecule has 0 heterocycles.